The molecule has 1 aromatic carbocycles. The molecule has 0 heterocycles. The molecule has 0 saturated heterocycles. The molecular formula is C9H13FN2. The van der Waals surface area contributed by atoms with E-state index >= 15 is 0 Å². The van der Waals surface area contributed by atoms with Gasteiger partial charge < -0.3 is 11.5 Å². The number of benzene rings is 1. The smallest absolute Gasteiger partial charge is 0.123 e. The molecule has 0 aliphatic rings. The molecule has 4 N–H and O–H groups in total. The van der Waals surface area contributed by atoms with Crippen molar-refractivity contribution >= 4 is 0 Å². The standard InChI is InChI=1S/C9H13FN2/c1-9(12,6-11)7-2-4-8(10)5-3-7/h2-5H,6,11-12H2,1H3. The van der Waals surface area contributed by atoms with Gasteiger partial charge in [-0.25, -0.2) is 4.39 Å². The quantitative estimate of drug-likeness (QED) is 0.691. The van der Waals surface area contributed by atoms with Crippen LogP contribution in [0, 0.1) is 5.82 Å². The van der Waals surface area contributed by atoms with Crippen LogP contribution in [0.4, 0.5) is 4.39 Å². The molecule has 0 radical (unpaired) electrons. The molecule has 3 heteroatoms. The molecule has 0 bridgehead atoms. The lowest BCUT2D eigenvalue weighted by Gasteiger charge is -2.22. The number of rotatable bonds is 2. The Bertz CT molecular complexity index is 254. The van der Waals surface area contributed by atoms with Gasteiger partial charge in [0.05, 0.1) is 5.54 Å². The molecule has 1 atom stereocenters. The van der Waals surface area contributed by atoms with Gasteiger partial charge in [-0.15, -0.1) is 0 Å². The van der Waals surface area contributed by atoms with Gasteiger partial charge in [-0.05, 0) is 24.6 Å². The highest BCUT2D eigenvalue weighted by atomic mass is 19.1. The van der Waals surface area contributed by atoms with Gasteiger partial charge in [-0.3, -0.25) is 0 Å². The maximum atomic E-state index is 12.5. The van der Waals surface area contributed by atoms with Crippen LogP contribution in [0.3, 0.4) is 0 Å². The predicted molar refractivity (Wildman–Crippen MR) is 47.0 cm³/mol. The highest BCUT2D eigenvalue weighted by Crippen LogP contribution is 2.15. The first kappa shape index (κ1) is 9.16. The molecule has 0 saturated carbocycles. The first-order valence-corrected chi connectivity index (χ1v) is 3.81. The Morgan fingerprint density at radius 3 is 2.25 bits per heavy atom. The van der Waals surface area contributed by atoms with Crippen molar-refractivity contribution in [1.29, 1.82) is 0 Å². The lowest BCUT2D eigenvalue weighted by Crippen LogP contribution is -2.40. The molecule has 1 aromatic rings. The van der Waals surface area contributed by atoms with Crippen LogP contribution in [-0.4, -0.2) is 6.54 Å². The van der Waals surface area contributed by atoms with Gasteiger partial charge in [0, 0.05) is 6.54 Å². The third-order valence-corrected chi connectivity index (χ3v) is 1.93. The molecule has 2 nitrogen and oxygen atoms in total. The second-order valence-electron chi connectivity index (χ2n) is 3.13. The van der Waals surface area contributed by atoms with Gasteiger partial charge in [-0.2, -0.15) is 0 Å². The fourth-order valence-electron chi connectivity index (χ4n) is 0.948. The van der Waals surface area contributed by atoms with E-state index in [0.717, 1.165) is 5.56 Å². The molecule has 0 spiro atoms. The summed E-state index contributed by atoms with van der Waals surface area (Å²) in [6, 6.07) is 6.08. The molecule has 1 rings (SSSR count). The first-order chi connectivity index (χ1) is 5.56. The van der Waals surface area contributed by atoms with Gasteiger partial charge in [0.2, 0.25) is 0 Å². The summed E-state index contributed by atoms with van der Waals surface area (Å²) in [5.41, 5.74) is 11.6. The fraction of sp³-hybridized carbons (Fsp3) is 0.333. The third-order valence-electron chi connectivity index (χ3n) is 1.93. The Labute approximate surface area is 71.4 Å². The van der Waals surface area contributed by atoms with Gasteiger partial charge in [-0.1, -0.05) is 12.1 Å². The summed E-state index contributed by atoms with van der Waals surface area (Å²) in [5.74, 6) is -0.258. The van der Waals surface area contributed by atoms with E-state index in [2.05, 4.69) is 0 Å². The summed E-state index contributed by atoms with van der Waals surface area (Å²) in [6.45, 7) is 2.17. The van der Waals surface area contributed by atoms with Crippen molar-refractivity contribution in [3.05, 3.63) is 35.6 Å². The summed E-state index contributed by atoms with van der Waals surface area (Å²) in [7, 11) is 0. The van der Waals surface area contributed by atoms with Gasteiger partial charge >= 0.3 is 0 Å². The Morgan fingerprint density at radius 2 is 1.83 bits per heavy atom. The van der Waals surface area contributed by atoms with Crippen LogP contribution < -0.4 is 11.5 Å². The Balaban J connectivity index is 2.96. The van der Waals surface area contributed by atoms with E-state index in [9.17, 15) is 4.39 Å². The third kappa shape index (κ3) is 1.81. The van der Waals surface area contributed by atoms with Crippen LogP contribution in [0.15, 0.2) is 24.3 Å². The molecular weight excluding hydrogens is 155 g/mol. The van der Waals surface area contributed by atoms with Gasteiger partial charge in [0.25, 0.3) is 0 Å². The summed E-state index contributed by atoms with van der Waals surface area (Å²) in [6.07, 6.45) is 0. The zero-order valence-corrected chi connectivity index (χ0v) is 7.05. The lowest BCUT2D eigenvalue weighted by molar-refractivity contribution is 0.506. The minimum atomic E-state index is -0.562. The molecule has 0 aromatic heterocycles. The topological polar surface area (TPSA) is 52.0 Å². The van der Waals surface area contributed by atoms with Crippen LogP contribution in [-0.2, 0) is 5.54 Å². The predicted octanol–water partition coefficient (Wildman–Crippen LogP) is 0.958. The zero-order valence-electron chi connectivity index (χ0n) is 7.05. The van der Waals surface area contributed by atoms with Crippen molar-refractivity contribution < 1.29 is 4.39 Å². The lowest BCUT2D eigenvalue weighted by atomic mass is 9.94. The van der Waals surface area contributed by atoms with E-state index in [-0.39, 0.29) is 5.82 Å². The average molecular weight is 168 g/mol. The van der Waals surface area contributed by atoms with E-state index in [0.29, 0.717) is 6.54 Å². The van der Waals surface area contributed by atoms with E-state index in [1.807, 2.05) is 6.92 Å². The highest BCUT2D eigenvalue weighted by molar-refractivity contribution is 5.23. The maximum Gasteiger partial charge on any atom is 0.123 e. The van der Waals surface area contributed by atoms with Crippen molar-refractivity contribution in [1.82, 2.24) is 0 Å². The van der Waals surface area contributed by atoms with Crippen molar-refractivity contribution in [3.8, 4) is 0 Å². The van der Waals surface area contributed by atoms with Crippen molar-refractivity contribution in [2.45, 2.75) is 12.5 Å². The Hall–Kier alpha value is -0.930. The van der Waals surface area contributed by atoms with E-state index in [4.69, 9.17) is 11.5 Å². The molecule has 0 amide bonds. The largest absolute Gasteiger partial charge is 0.328 e. The van der Waals surface area contributed by atoms with Crippen molar-refractivity contribution in [2.75, 3.05) is 6.54 Å². The minimum Gasteiger partial charge on any atom is -0.328 e. The van der Waals surface area contributed by atoms with Crippen LogP contribution in [0.2, 0.25) is 0 Å². The second-order valence-corrected chi connectivity index (χ2v) is 3.13. The maximum absolute atomic E-state index is 12.5. The van der Waals surface area contributed by atoms with Crippen LogP contribution >= 0.6 is 0 Å². The average Bonchev–Trinajstić information content (AvgIpc) is 2.05. The molecule has 0 aliphatic carbocycles. The van der Waals surface area contributed by atoms with Crippen molar-refractivity contribution in [3.63, 3.8) is 0 Å². The second kappa shape index (κ2) is 3.21. The molecule has 12 heavy (non-hydrogen) atoms. The van der Waals surface area contributed by atoms with Crippen LogP contribution in [0.5, 0.6) is 0 Å². The number of hydrogen-bond acceptors (Lipinski definition) is 2. The van der Waals surface area contributed by atoms with Crippen LogP contribution in [0.25, 0.3) is 0 Å². The van der Waals surface area contributed by atoms with Crippen molar-refractivity contribution in [2.24, 2.45) is 11.5 Å². The Kier molecular flexibility index (Phi) is 2.45. The molecule has 0 aliphatic heterocycles. The van der Waals surface area contributed by atoms with E-state index in [1.54, 1.807) is 12.1 Å². The zero-order chi connectivity index (χ0) is 9.19. The summed E-state index contributed by atoms with van der Waals surface area (Å²) >= 11 is 0. The molecule has 1 unspecified atom stereocenters. The van der Waals surface area contributed by atoms with Gasteiger partial charge in [0.1, 0.15) is 5.82 Å². The normalized spacial score (nSPS) is 15.7. The SMILES string of the molecule is CC(N)(CN)c1ccc(F)cc1. The monoisotopic (exact) mass is 168 g/mol. The summed E-state index contributed by atoms with van der Waals surface area (Å²) in [4.78, 5) is 0. The molecule has 66 valence electrons. The number of halogens is 1. The van der Waals surface area contributed by atoms with E-state index < -0.39 is 5.54 Å². The molecule has 0 fully saturated rings. The Morgan fingerprint density at radius 1 is 1.33 bits per heavy atom. The fourth-order valence-corrected chi connectivity index (χ4v) is 0.948. The highest BCUT2D eigenvalue weighted by Gasteiger charge is 2.18. The number of nitrogens with two attached hydrogens (primary N) is 2. The first-order valence-electron chi connectivity index (χ1n) is 3.81. The number of hydrogen-bond donors (Lipinski definition) is 2. The minimum absolute atomic E-state index is 0.258. The summed E-state index contributed by atoms with van der Waals surface area (Å²) < 4.78 is 12.5. The van der Waals surface area contributed by atoms with E-state index in [1.165, 1.54) is 12.1 Å². The van der Waals surface area contributed by atoms with Gasteiger partial charge in [0.15, 0.2) is 0 Å². The van der Waals surface area contributed by atoms with Crippen LogP contribution in [0.1, 0.15) is 12.5 Å². The summed E-state index contributed by atoms with van der Waals surface area (Å²) in [5, 5.41) is 0.